The first kappa shape index (κ1) is 21.3. The van der Waals surface area contributed by atoms with E-state index in [9.17, 15) is 14.4 Å². The average molecular weight is 450 g/mol. The van der Waals surface area contributed by atoms with Gasteiger partial charge >= 0.3 is 0 Å². The molecule has 0 aliphatic heterocycles. The van der Waals surface area contributed by atoms with E-state index in [4.69, 9.17) is 11.6 Å². The monoisotopic (exact) mass is 449 g/mol. The maximum atomic E-state index is 12.6. The number of aryl methyl sites for hydroxylation is 1. The molecule has 2 aromatic carbocycles. The zero-order valence-corrected chi connectivity index (χ0v) is 17.9. The second-order valence-electron chi connectivity index (χ2n) is 7.23. The molecule has 4 rings (SSSR count). The molecule has 32 heavy (non-hydrogen) atoms. The standard InChI is InChI=1S/C23H20ClN5O3/c1-29-11-10-19(28-29)21(14-6-8-15(24)9-7-14)27-20(30)13-26-23(32)17-12-25-18-5-3-2-4-16(18)22(17)31/h2-12,21H,13H2,1H3,(H,25,31)(H,26,32)(H,27,30). The van der Waals surface area contributed by atoms with Crippen molar-refractivity contribution in [2.24, 2.45) is 7.05 Å². The molecule has 0 aliphatic rings. The first-order valence-electron chi connectivity index (χ1n) is 9.85. The smallest absolute Gasteiger partial charge is 0.257 e. The van der Waals surface area contributed by atoms with Crippen LogP contribution in [0.1, 0.15) is 27.7 Å². The fraction of sp³-hybridized carbons (Fsp3) is 0.130. The summed E-state index contributed by atoms with van der Waals surface area (Å²) in [6, 6.07) is 15.2. The van der Waals surface area contributed by atoms with E-state index in [2.05, 4.69) is 20.7 Å². The molecule has 0 saturated heterocycles. The lowest BCUT2D eigenvalue weighted by atomic mass is 10.0. The van der Waals surface area contributed by atoms with E-state index < -0.39 is 23.3 Å². The Morgan fingerprint density at radius 3 is 2.59 bits per heavy atom. The van der Waals surface area contributed by atoms with Crippen LogP contribution in [0.15, 0.2) is 71.8 Å². The largest absolute Gasteiger partial charge is 0.360 e. The van der Waals surface area contributed by atoms with Crippen LogP contribution in [-0.2, 0) is 11.8 Å². The highest BCUT2D eigenvalue weighted by atomic mass is 35.5. The fourth-order valence-electron chi connectivity index (χ4n) is 3.37. The zero-order valence-electron chi connectivity index (χ0n) is 17.1. The number of nitrogens with zero attached hydrogens (tertiary/aromatic N) is 2. The van der Waals surface area contributed by atoms with Crippen molar-refractivity contribution < 1.29 is 9.59 Å². The van der Waals surface area contributed by atoms with Crippen molar-refractivity contribution in [2.75, 3.05) is 6.54 Å². The van der Waals surface area contributed by atoms with Crippen LogP contribution >= 0.6 is 11.6 Å². The van der Waals surface area contributed by atoms with Crippen LogP contribution in [0, 0.1) is 0 Å². The van der Waals surface area contributed by atoms with E-state index in [1.54, 1.807) is 72.5 Å². The number of pyridine rings is 1. The number of amides is 2. The first-order valence-corrected chi connectivity index (χ1v) is 10.2. The molecule has 2 heterocycles. The third-order valence-electron chi connectivity index (χ3n) is 4.98. The summed E-state index contributed by atoms with van der Waals surface area (Å²) < 4.78 is 1.64. The molecule has 0 bridgehead atoms. The quantitative estimate of drug-likeness (QED) is 0.420. The van der Waals surface area contributed by atoms with Gasteiger partial charge in [0.1, 0.15) is 5.56 Å². The SMILES string of the molecule is Cn1ccc(C(NC(=O)CNC(=O)c2c[nH]c3ccccc3c2=O)c2ccc(Cl)cc2)n1. The Morgan fingerprint density at radius 1 is 1.12 bits per heavy atom. The lowest BCUT2D eigenvalue weighted by Gasteiger charge is -2.18. The second-order valence-corrected chi connectivity index (χ2v) is 7.66. The van der Waals surface area contributed by atoms with Gasteiger partial charge in [-0.25, -0.2) is 0 Å². The third kappa shape index (κ3) is 4.55. The van der Waals surface area contributed by atoms with Crippen molar-refractivity contribution in [1.29, 1.82) is 0 Å². The number of carbonyl (C=O) groups excluding carboxylic acids is 2. The predicted octanol–water partition coefficient (Wildman–Crippen LogP) is 2.55. The molecule has 2 amide bonds. The van der Waals surface area contributed by atoms with Gasteiger partial charge in [0.2, 0.25) is 11.3 Å². The van der Waals surface area contributed by atoms with Gasteiger partial charge in [0.25, 0.3) is 5.91 Å². The van der Waals surface area contributed by atoms with Gasteiger partial charge in [0, 0.05) is 35.4 Å². The van der Waals surface area contributed by atoms with Gasteiger partial charge in [-0.3, -0.25) is 19.1 Å². The van der Waals surface area contributed by atoms with Crippen molar-refractivity contribution in [3.63, 3.8) is 0 Å². The van der Waals surface area contributed by atoms with Crippen LogP contribution in [0.25, 0.3) is 10.9 Å². The molecule has 0 aliphatic carbocycles. The molecule has 3 N–H and O–H groups in total. The van der Waals surface area contributed by atoms with Crippen LogP contribution in [0.2, 0.25) is 5.02 Å². The molecule has 9 heteroatoms. The normalized spacial score (nSPS) is 11.8. The summed E-state index contributed by atoms with van der Waals surface area (Å²) in [6.45, 7) is -0.304. The van der Waals surface area contributed by atoms with E-state index >= 15 is 0 Å². The van der Waals surface area contributed by atoms with E-state index in [1.165, 1.54) is 6.20 Å². The van der Waals surface area contributed by atoms with Gasteiger partial charge in [-0.1, -0.05) is 35.9 Å². The van der Waals surface area contributed by atoms with Crippen molar-refractivity contribution in [3.8, 4) is 0 Å². The molecule has 1 atom stereocenters. The van der Waals surface area contributed by atoms with Gasteiger partial charge in [-0.05, 0) is 35.9 Å². The molecule has 0 radical (unpaired) electrons. The van der Waals surface area contributed by atoms with Crippen molar-refractivity contribution >= 4 is 34.3 Å². The van der Waals surface area contributed by atoms with E-state index in [0.29, 0.717) is 21.6 Å². The molecule has 8 nitrogen and oxygen atoms in total. The number of aromatic amines is 1. The Balaban J connectivity index is 1.48. The minimum Gasteiger partial charge on any atom is -0.360 e. The van der Waals surface area contributed by atoms with Crippen LogP contribution < -0.4 is 16.1 Å². The third-order valence-corrected chi connectivity index (χ3v) is 5.23. The maximum absolute atomic E-state index is 12.6. The van der Waals surface area contributed by atoms with E-state index in [1.807, 2.05) is 0 Å². The minimum atomic E-state index is -0.631. The summed E-state index contributed by atoms with van der Waals surface area (Å²) in [5, 5.41) is 10.7. The number of para-hydroxylation sites is 1. The van der Waals surface area contributed by atoms with Crippen LogP contribution in [0.5, 0.6) is 0 Å². The Kier molecular flexibility index (Phi) is 6.04. The van der Waals surface area contributed by atoms with Crippen molar-refractivity contribution in [1.82, 2.24) is 25.4 Å². The summed E-state index contributed by atoms with van der Waals surface area (Å²) >= 11 is 5.98. The number of halogens is 1. The number of hydrogen-bond acceptors (Lipinski definition) is 4. The molecule has 1 unspecified atom stereocenters. The highest BCUT2D eigenvalue weighted by Crippen LogP contribution is 2.22. The topological polar surface area (TPSA) is 109 Å². The number of hydrogen-bond donors (Lipinski definition) is 3. The minimum absolute atomic E-state index is 0.0597. The average Bonchev–Trinajstić information content (AvgIpc) is 3.23. The van der Waals surface area contributed by atoms with Gasteiger partial charge in [-0.15, -0.1) is 0 Å². The van der Waals surface area contributed by atoms with Crippen LogP contribution in [0.4, 0.5) is 0 Å². The van der Waals surface area contributed by atoms with Gasteiger partial charge in [-0.2, -0.15) is 5.10 Å². The van der Waals surface area contributed by atoms with Crippen LogP contribution in [-0.4, -0.2) is 33.1 Å². The molecular formula is C23H20ClN5O3. The Labute approximate surface area is 188 Å². The second kappa shape index (κ2) is 9.07. The number of aromatic nitrogens is 3. The lowest BCUT2D eigenvalue weighted by Crippen LogP contribution is -2.40. The first-order chi connectivity index (χ1) is 15.4. The summed E-state index contributed by atoms with van der Waals surface area (Å²) in [4.78, 5) is 40.7. The Hall–Kier alpha value is -3.91. The van der Waals surface area contributed by atoms with Crippen molar-refractivity contribution in [2.45, 2.75) is 6.04 Å². The van der Waals surface area contributed by atoms with Gasteiger partial charge < -0.3 is 15.6 Å². The fourth-order valence-corrected chi connectivity index (χ4v) is 3.50. The van der Waals surface area contributed by atoms with E-state index in [-0.39, 0.29) is 12.1 Å². The molecule has 4 aromatic rings. The maximum Gasteiger partial charge on any atom is 0.257 e. The van der Waals surface area contributed by atoms with E-state index in [0.717, 1.165) is 5.56 Å². The van der Waals surface area contributed by atoms with Gasteiger partial charge in [0.05, 0.1) is 18.3 Å². The molecule has 0 saturated carbocycles. The number of rotatable bonds is 6. The Morgan fingerprint density at radius 2 is 1.88 bits per heavy atom. The number of H-pyrrole nitrogens is 1. The van der Waals surface area contributed by atoms with Crippen LogP contribution in [0.3, 0.4) is 0 Å². The molecule has 0 fully saturated rings. The molecule has 0 spiro atoms. The highest BCUT2D eigenvalue weighted by molar-refractivity contribution is 6.30. The summed E-state index contributed by atoms with van der Waals surface area (Å²) in [6.07, 6.45) is 3.13. The number of benzene rings is 2. The summed E-state index contributed by atoms with van der Waals surface area (Å²) in [7, 11) is 1.78. The van der Waals surface area contributed by atoms with Gasteiger partial charge in [0.15, 0.2) is 0 Å². The predicted molar refractivity (Wildman–Crippen MR) is 122 cm³/mol. The molecule has 162 valence electrons. The molecular weight excluding hydrogens is 430 g/mol. The highest BCUT2D eigenvalue weighted by Gasteiger charge is 2.20. The lowest BCUT2D eigenvalue weighted by molar-refractivity contribution is -0.120. The summed E-state index contributed by atoms with van der Waals surface area (Å²) in [5.74, 6) is -1.06. The molecule has 2 aromatic heterocycles. The van der Waals surface area contributed by atoms with Crippen molar-refractivity contribution in [3.05, 3.63) is 99.1 Å². The number of carbonyl (C=O) groups is 2. The summed E-state index contributed by atoms with van der Waals surface area (Å²) in [5.41, 5.74) is 1.60. The zero-order chi connectivity index (χ0) is 22.7. The Bertz CT molecular complexity index is 1340. The number of fused-ring (bicyclic) bond motifs is 1. The number of nitrogens with one attached hydrogen (secondary N) is 3.